The minimum absolute atomic E-state index is 0.105. The van der Waals surface area contributed by atoms with Gasteiger partial charge in [-0.1, -0.05) is 5.16 Å². The van der Waals surface area contributed by atoms with E-state index >= 15 is 0 Å². The third-order valence-electron chi connectivity index (χ3n) is 2.60. The molecule has 1 aromatic carbocycles. The van der Waals surface area contributed by atoms with Crippen molar-refractivity contribution in [3.63, 3.8) is 0 Å². The lowest BCUT2D eigenvalue weighted by molar-refractivity contribution is -0.114. The van der Waals surface area contributed by atoms with E-state index in [-0.39, 0.29) is 18.3 Å². The molecule has 0 radical (unpaired) electrons. The zero-order valence-corrected chi connectivity index (χ0v) is 12.8. The quantitative estimate of drug-likeness (QED) is 0.552. The molecule has 22 heavy (non-hydrogen) atoms. The van der Waals surface area contributed by atoms with E-state index in [0.717, 1.165) is 10.6 Å². The van der Waals surface area contributed by atoms with Crippen molar-refractivity contribution in [2.45, 2.75) is 24.4 Å². The lowest BCUT2D eigenvalue weighted by atomic mass is 10.3. The summed E-state index contributed by atoms with van der Waals surface area (Å²) < 4.78 is 8.09. The molecule has 8 nitrogen and oxygen atoms in total. The number of hydrogen-bond donors (Lipinski definition) is 4. The number of carbonyl (C=O) groups excluding carboxylic acids is 1. The van der Waals surface area contributed by atoms with Gasteiger partial charge in [0.1, 0.15) is 0 Å². The highest BCUT2D eigenvalue weighted by atomic mass is 32.2. The van der Waals surface area contributed by atoms with Crippen molar-refractivity contribution in [1.82, 2.24) is 14.9 Å². The van der Waals surface area contributed by atoms with Crippen LogP contribution in [-0.4, -0.2) is 27.8 Å². The maximum Gasteiger partial charge on any atom is 0.241 e. The molecular formula is C13H17N5O3S. The van der Waals surface area contributed by atoms with Gasteiger partial charge in [0.15, 0.2) is 5.82 Å². The molecule has 0 aliphatic heterocycles. The summed E-state index contributed by atoms with van der Waals surface area (Å²) in [6, 6.07) is 6.76. The fraction of sp³-hybridized carbons (Fsp3) is 0.308. The third kappa shape index (κ3) is 4.81. The first-order chi connectivity index (χ1) is 10.6. The summed E-state index contributed by atoms with van der Waals surface area (Å²) in [6.45, 7) is 1.59. The average molecular weight is 323 g/mol. The van der Waals surface area contributed by atoms with Crippen molar-refractivity contribution in [3.05, 3.63) is 36.0 Å². The molecule has 0 saturated carbocycles. The van der Waals surface area contributed by atoms with E-state index in [9.17, 15) is 4.79 Å². The molecule has 1 unspecified atom stereocenters. The SMILES string of the molecule is CC(=O)Nc1ccc(SNCc2nc(C(N)CO)no2)cc1. The topological polar surface area (TPSA) is 126 Å². The van der Waals surface area contributed by atoms with Crippen molar-refractivity contribution in [3.8, 4) is 0 Å². The highest BCUT2D eigenvalue weighted by Crippen LogP contribution is 2.18. The van der Waals surface area contributed by atoms with Gasteiger partial charge in [-0.25, -0.2) is 0 Å². The fourth-order valence-electron chi connectivity index (χ4n) is 1.56. The van der Waals surface area contributed by atoms with Crippen molar-refractivity contribution >= 4 is 23.5 Å². The molecule has 0 fully saturated rings. The van der Waals surface area contributed by atoms with Gasteiger partial charge < -0.3 is 20.7 Å². The molecular weight excluding hydrogens is 306 g/mol. The van der Waals surface area contributed by atoms with Gasteiger partial charge in [-0.3, -0.25) is 9.52 Å². The first-order valence-electron chi connectivity index (χ1n) is 6.54. The Hall–Kier alpha value is -1.94. The van der Waals surface area contributed by atoms with Gasteiger partial charge in [-0.05, 0) is 36.2 Å². The minimum Gasteiger partial charge on any atom is -0.394 e. The number of aliphatic hydroxyl groups is 1. The molecule has 9 heteroatoms. The summed E-state index contributed by atoms with van der Waals surface area (Å²) in [5.74, 6) is 0.567. The fourth-order valence-corrected chi connectivity index (χ4v) is 2.20. The third-order valence-corrected chi connectivity index (χ3v) is 3.40. The number of amides is 1. The van der Waals surface area contributed by atoms with E-state index in [2.05, 4.69) is 20.2 Å². The molecule has 5 N–H and O–H groups in total. The molecule has 1 heterocycles. The van der Waals surface area contributed by atoms with Crippen LogP contribution < -0.4 is 15.8 Å². The van der Waals surface area contributed by atoms with Crippen LogP contribution in [-0.2, 0) is 11.3 Å². The molecule has 0 spiro atoms. The van der Waals surface area contributed by atoms with Crippen LogP contribution in [0.3, 0.4) is 0 Å². The normalized spacial score (nSPS) is 12.1. The number of aromatic nitrogens is 2. The number of anilines is 1. The zero-order valence-electron chi connectivity index (χ0n) is 11.9. The van der Waals surface area contributed by atoms with Gasteiger partial charge >= 0.3 is 0 Å². The highest BCUT2D eigenvalue weighted by molar-refractivity contribution is 7.97. The molecule has 2 aromatic rings. The van der Waals surface area contributed by atoms with E-state index in [1.54, 1.807) is 0 Å². The second kappa shape index (κ2) is 7.90. The molecule has 1 amide bonds. The molecule has 2 rings (SSSR count). The zero-order chi connectivity index (χ0) is 15.9. The summed E-state index contributed by atoms with van der Waals surface area (Å²) in [5, 5.41) is 15.3. The van der Waals surface area contributed by atoms with Gasteiger partial charge in [0.25, 0.3) is 0 Å². The van der Waals surface area contributed by atoms with Crippen LogP contribution in [0.4, 0.5) is 5.69 Å². The van der Waals surface area contributed by atoms with Gasteiger partial charge in [-0.2, -0.15) is 4.98 Å². The minimum atomic E-state index is -0.633. The van der Waals surface area contributed by atoms with Gasteiger partial charge in [0.05, 0.1) is 19.2 Å². The number of rotatable bonds is 7. The number of nitrogens with zero attached hydrogens (tertiary/aromatic N) is 2. The van der Waals surface area contributed by atoms with Crippen LogP contribution in [0, 0.1) is 0 Å². The second-order valence-electron chi connectivity index (χ2n) is 4.46. The number of nitrogens with two attached hydrogens (primary N) is 1. The van der Waals surface area contributed by atoms with Gasteiger partial charge in [0, 0.05) is 17.5 Å². The Labute approximate surface area is 131 Å². The summed E-state index contributed by atoms with van der Waals surface area (Å²) in [4.78, 5) is 16.0. The summed E-state index contributed by atoms with van der Waals surface area (Å²) in [6.07, 6.45) is 0. The molecule has 118 valence electrons. The maximum atomic E-state index is 10.9. The molecule has 0 aliphatic carbocycles. The Morgan fingerprint density at radius 2 is 2.18 bits per heavy atom. The summed E-state index contributed by atoms with van der Waals surface area (Å²) >= 11 is 1.40. The van der Waals surface area contributed by atoms with E-state index in [0.29, 0.717) is 12.4 Å². The van der Waals surface area contributed by atoms with Crippen LogP contribution in [0.1, 0.15) is 24.7 Å². The Kier molecular flexibility index (Phi) is 5.90. The first-order valence-corrected chi connectivity index (χ1v) is 7.36. The van der Waals surface area contributed by atoms with Crippen molar-refractivity contribution < 1.29 is 14.4 Å². The van der Waals surface area contributed by atoms with E-state index in [1.165, 1.54) is 18.9 Å². The lowest BCUT2D eigenvalue weighted by Gasteiger charge is -2.04. The second-order valence-corrected chi connectivity index (χ2v) is 5.43. The van der Waals surface area contributed by atoms with Crippen molar-refractivity contribution in [2.75, 3.05) is 11.9 Å². The van der Waals surface area contributed by atoms with Crippen LogP contribution in [0.15, 0.2) is 33.7 Å². The van der Waals surface area contributed by atoms with E-state index in [4.69, 9.17) is 15.4 Å². The smallest absolute Gasteiger partial charge is 0.241 e. The molecule has 0 saturated heterocycles. The van der Waals surface area contributed by atoms with Gasteiger partial charge in [-0.15, -0.1) is 0 Å². The Balaban J connectivity index is 1.81. The number of nitrogens with one attached hydrogen (secondary N) is 2. The number of hydrogen-bond acceptors (Lipinski definition) is 8. The number of carbonyl (C=O) groups is 1. The predicted molar refractivity (Wildman–Crippen MR) is 81.8 cm³/mol. The van der Waals surface area contributed by atoms with Crippen molar-refractivity contribution in [2.24, 2.45) is 5.73 Å². The van der Waals surface area contributed by atoms with Gasteiger partial charge in [0.2, 0.25) is 11.8 Å². The monoisotopic (exact) mass is 323 g/mol. The van der Waals surface area contributed by atoms with Crippen LogP contribution in [0.25, 0.3) is 0 Å². The largest absolute Gasteiger partial charge is 0.394 e. The number of aliphatic hydroxyl groups excluding tert-OH is 1. The Bertz CT molecular complexity index is 616. The molecule has 0 aliphatic rings. The standard InChI is InChI=1S/C13H17N5O3S/c1-8(20)16-9-2-4-10(5-3-9)22-15-6-12-17-13(18-21-12)11(14)7-19/h2-5,11,15,19H,6-7,14H2,1H3,(H,16,20). The predicted octanol–water partition coefficient (Wildman–Crippen LogP) is 0.817. The van der Waals surface area contributed by atoms with E-state index < -0.39 is 6.04 Å². The summed E-state index contributed by atoms with van der Waals surface area (Å²) in [5.41, 5.74) is 6.33. The molecule has 1 aromatic heterocycles. The summed E-state index contributed by atoms with van der Waals surface area (Å²) in [7, 11) is 0. The Morgan fingerprint density at radius 3 is 2.82 bits per heavy atom. The lowest BCUT2D eigenvalue weighted by Crippen LogP contribution is -2.16. The maximum absolute atomic E-state index is 10.9. The average Bonchev–Trinajstić information content (AvgIpc) is 2.96. The van der Waals surface area contributed by atoms with Crippen LogP contribution in [0.5, 0.6) is 0 Å². The highest BCUT2D eigenvalue weighted by Gasteiger charge is 2.12. The first kappa shape index (κ1) is 16.4. The number of benzene rings is 1. The van der Waals surface area contributed by atoms with Crippen LogP contribution >= 0.6 is 11.9 Å². The Morgan fingerprint density at radius 1 is 1.45 bits per heavy atom. The molecule has 1 atom stereocenters. The molecule has 0 bridgehead atoms. The van der Waals surface area contributed by atoms with Crippen LogP contribution in [0.2, 0.25) is 0 Å². The van der Waals surface area contributed by atoms with Crippen molar-refractivity contribution in [1.29, 1.82) is 0 Å². The van der Waals surface area contributed by atoms with E-state index in [1.807, 2.05) is 24.3 Å².